The van der Waals surface area contributed by atoms with Crippen molar-refractivity contribution in [1.82, 2.24) is 4.90 Å². The summed E-state index contributed by atoms with van der Waals surface area (Å²) in [6.07, 6.45) is 4.85. The Balaban J connectivity index is 1.40. The van der Waals surface area contributed by atoms with Crippen molar-refractivity contribution in [2.24, 2.45) is 5.92 Å². The highest BCUT2D eigenvalue weighted by molar-refractivity contribution is 5.49. The second-order valence-corrected chi connectivity index (χ2v) is 8.55. The fraction of sp³-hybridized carbons (Fsp3) is 0.500. The molecule has 4 rings (SSSR count). The van der Waals surface area contributed by atoms with Gasteiger partial charge in [-0.25, -0.2) is 4.39 Å². The lowest BCUT2D eigenvalue weighted by Crippen LogP contribution is -2.54. The predicted molar refractivity (Wildman–Crippen MR) is 111 cm³/mol. The van der Waals surface area contributed by atoms with Crippen LogP contribution in [0.5, 0.6) is 0 Å². The average molecular weight is 367 g/mol. The van der Waals surface area contributed by atoms with Crippen LogP contribution in [0.25, 0.3) is 0 Å². The van der Waals surface area contributed by atoms with E-state index < -0.39 is 0 Å². The third kappa shape index (κ3) is 4.03. The molecule has 1 aliphatic carbocycles. The summed E-state index contributed by atoms with van der Waals surface area (Å²) in [5.41, 5.74) is 3.85. The van der Waals surface area contributed by atoms with Crippen molar-refractivity contribution in [2.75, 3.05) is 24.5 Å². The number of halogens is 1. The summed E-state index contributed by atoms with van der Waals surface area (Å²) in [5.74, 6) is 0.649. The SMILES string of the molecule is CCC(C)Cc1ccc(CN2CCN(c3ccccc3F)CC23CC3)cc1. The van der Waals surface area contributed by atoms with E-state index in [1.54, 1.807) is 12.1 Å². The van der Waals surface area contributed by atoms with Gasteiger partial charge in [0.25, 0.3) is 0 Å². The van der Waals surface area contributed by atoms with Crippen molar-refractivity contribution >= 4 is 5.69 Å². The molecule has 27 heavy (non-hydrogen) atoms. The number of piperazine rings is 1. The van der Waals surface area contributed by atoms with Gasteiger partial charge in [-0.05, 0) is 48.4 Å². The normalized spacial score (nSPS) is 20.0. The van der Waals surface area contributed by atoms with Gasteiger partial charge in [-0.2, -0.15) is 0 Å². The van der Waals surface area contributed by atoms with Crippen LogP contribution < -0.4 is 4.90 Å². The van der Waals surface area contributed by atoms with Crippen LogP contribution in [0.15, 0.2) is 48.5 Å². The summed E-state index contributed by atoms with van der Waals surface area (Å²) in [4.78, 5) is 4.88. The molecule has 1 unspecified atom stereocenters. The Kier molecular flexibility index (Phi) is 5.23. The Morgan fingerprint density at radius 1 is 1.00 bits per heavy atom. The first-order valence-electron chi connectivity index (χ1n) is 10.4. The second kappa shape index (κ2) is 7.63. The molecule has 2 nitrogen and oxygen atoms in total. The monoisotopic (exact) mass is 366 g/mol. The molecule has 1 saturated carbocycles. The Morgan fingerprint density at radius 3 is 2.37 bits per heavy atom. The minimum absolute atomic E-state index is 0.0985. The number of rotatable bonds is 6. The second-order valence-electron chi connectivity index (χ2n) is 8.55. The fourth-order valence-corrected chi connectivity index (χ4v) is 4.34. The molecule has 2 fully saturated rings. The Hall–Kier alpha value is -1.87. The Labute approximate surface area is 163 Å². The van der Waals surface area contributed by atoms with Crippen molar-refractivity contribution < 1.29 is 4.39 Å². The van der Waals surface area contributed by atoms with E-state index in [1.807, 2.05) is 12.1 Å². The number of benzene rings is 2. The highest BCUT2D eigenvalue weighted by Crippen LogP contribution is 2.46. The number of hydrogen-bond donors (Lipinski definition) is 0. The van der Waals surface area contributed by atoms with Crippen LogP contribution >= 0.6 is 0 Å². The fourth-order valence-electron chi connectivity index (χ4n) is 4.34. The van der Waals surface area contributed by atoms with Gasteiger partial charge in [0.1, 0.15) is 5.82 Å². The van der Waals surface area contributed by atoms with Gasteiger partial charge in [0.05, 0.1) is 5.69 Å². The van der Waals surface area contributed by atoms with Crippen LogP contribution in [0, 0.1) is 11.7 Å². The molecule has 1 aliphatic heterocycles. The lowest BCUT2D eigenvalue weighted by Gasteiger charge is -2.43. The molecule has 0 N–H and O–H groups in total. The molecule has 2 aliphatic rings. The van der Waals surface area contributed by atoms with Crippen molar-refractivity contribution in [2.45, 2.75) is 51.6 Å². The number of nitrogens with zero attached hydrogens (tertiary/aromatic N) is 2. The molecule has 3 heteroatoms. The third-order valence-corrected chi connectivity index (χ3v) is 6.49. The maximum atomic E-state index is 14.2. The van der Waals surface area contributed by atoms with Crippen LogP contribution in [0.2, 0.25) is 0 Å². The summed E-state index contributed by atoms with van der Waals surface area (Å²) in [5, 5.41) is 0. The van der Waals surface area contributed by atoms with E-state index in [0.29, 0.717) is 0 Å². The molecule has 2 aromatic carbocycles. The van der Waals surface area contributed by atoms with Gasteiger partial charge < -0.3 is 4.90 Å². The van der Waals surface area contributed by atoms with E-state index >= 15 is 0 Å². The molecule has 144 valence electrons. The maximum absolute atomic E-state index is 14.2. The molecular weight excluding hydrogens is 335 g/mol. The van der Waals surface area contributed by atoms with Gasteiger partial charge in [-0.1, -0.05) is 56.7 Å². The lowest BCUT2D eigenvalue weighted by molar-refractivity contribution is 0.149. The van der Waals surface area contributed by atoms with Gasteiger partial charge in [0, 0.05) is 31.7 Å². The quantitative estimate of drug-likeness (QED) is 0.687. The van der Waals surface area contributed by atoms with Gasteiger partial charge >= 0.3 is 0 Å². The van der Waals surface area contributed by atoms with Gasteiger partial charge in [-0.3, -0.25) is 4.90 Å². The average Bonchev–Trinajstić information content (AvgIpc) is 3.45. The van der Waals surface area contributed by atoms with E-state index in [2.05, 4.69) is 47.9 Å². The smallest absolute Gasteiger partial charge is 0.146 e. The van der Waals surface area contributed by atoms with Gasteiger partial charge in [0.15, 0.2) is 0 Å². The van der Waals surface area contributed by atoms with Crippen LogP contribution in [0.3, 0.4) is 0 Å². The zero-order valence-corrected chi connectivity index (χ0v) is 16.6. The van der Waals surface area contributed by atoms with E-state index in [9.17, 15) is 4.39 Å². The first-order chi connectivity index (χ1) is 13.1. The molecule has 1 saturated heterocycles. The molecule has 0 radical (unpaired) electrons. The van der Waals surface area contributed by atoms with Crippen LogP contribution in [0.1, 0.15) is 44.2 Å². The number of hydrogen-bond acceptors (Lipinski definition) is 2. The molecule has 1 spiro atoms. The van der Waals surface area contributed by atoms with Crippen molar-refractivity contribution in [3.8, 4) is 0 Å². The molecule has 1 heterocycles. The minimum Gasteiger partial charge on any atom is -0.366 e. The standard InChI is InChI=1S/C24H31FN2/c1-3-19(2)16-20-8-10-21(11-9-20)17-27-15-14-26(18-24(27)12-13-24)23-7-5-4-6-22(23)25/h4-11,19H,3,12-18H2,1-2H3. The molecule has 0 aromatic heterocycles. The number of para-hydroxylation sites is 1. The Morgan fingerprint density at radius 2 is 1.70 bits per heavy atom. The van der Waals surface area contributed by atoms with E-state index in [-0.39, 0.29) is 11.4 Å². The summed E-state index contributed by atoms with van der Waals surface area (Å²) in [6.45, 7) is 8.43. The van der Waals surface area contributed by atoms with E-state index in [4.69, 9.17) is 0 Å². The van der Waals surface area contributed by atoms with E-state index in [0.717, 1.165) is 37.8 Å². The molecule has 0 bridgehead atoms. The maximum Gasteiger partial charge on any atom is 0.146 e. The van der Waals surface area contributed by atoms with Crippen LogP contribution in [0.4, 0.5) is 10.1 Å². The summed E-state index contributed by atoms with van der Waals surface area (Å²) >= 11 is 0. The molecule has 2 aromatic rings. The van der Waals surface area contributed by atoms with Crippen LogP contribution in [-0.4, -0.2) is 30.1 Å². The first kappa shape index (κ1) is 18.5. The highest BCUT2D eigenvalue weighted by Gasteiger charge is 2.51. The van der Waals surface area contributed by atoms with Gasteiger partial charge in [-0.15, -0.1) is 0 Å². The van der Waals surface area contributed by atoms with E-state index in [1.165, 1.54) is 36.8 Å². The molecular formula is C24H31FN2. The summed E-state index contributed by atoms with van der Waals surface area (Å²) < 4.78 is 14.2. The molecule has 0 amide bonds. The summed E-state index contributed by atoms with van der Waals surface area (Å²) in [7, 11) is 0. The number of anilines is 1. The largest absolute Gasteiger partial charge is 0.366 e. The zero-order chi connectivity index (χ0) is 18.9. The third-order valence-electron chi connectivity index (χ3n) is 6.49. The lowest BCUT2D eigenvalue weighted by atomic mass is 9.98. The summed E-state index contributed by atoms with van der Waals surface area (Å²) in [6, 6.07) is 16.4. The topological polar surface area (TPSA) is 6.48 Å². The predicted octanol–water partition coefficient (Wildman–Crippen LogP) is 5.27. The molecule has 1 atom stereocenters. The van der Waals surface area contributed by atoms with Crippen molar-refractivity contribution in [1.29, 1.82) is 0 Å². The first-order valence-corrected chi connectivity index (χ1v) is 10.4. The minimum atomic E-state index is -0.0985. The zero-order valence-electron chi connectivity index (χ0n) is 16.6. The Bertz CT molecular complexity index is 766. The van der Waals surface area contributed by atoms with Gasteiger partial charge in [0.2, 0.25) is 0 Å². The van der Waals surface area contributed by atoms with Crippen molar-refractivity contribution in [3.05, 3.63) is 65.5 Å². The van der Waals surface area contributed by atoms with Crippen LogP contribution in [-0.2, 0) is 13.0 Å². The highest BCUT2D eigenvalue weighted by atomic mass is 19.1. The van der Waals surface area contributed by atoms with Crippen molar-refractivity contribution in [3.63, 3.8) is 0 Å².